The van der Waals surface area contributed by atoms with Crippen LogP contribution in [0.5, 0.6) is 0 Å². The molecule has 6 rings (SSSR count). The molecular formula is C31H29FN6O2S. The third kappa shape index (κ3) is 6.39. The summed E-state index contributed by atoms with van der Waals surface area (Å²) in [6.07, 6.45) is 3.15. The number of halogens is 1. The molecule has 1 aliphatic rings. The lowest BCUT2D eigenvalue weighted by atomic mass is 10.0. The molecule has 3 aromatic carbocycles. The van der Waals surface area contributed by atoms with Gasteiger partial charge in [0.05, 0.1) is 11.4 Å². The number of aromatic nitrogens is 4. The van der Waals surface area contributed by atoms with Gasteiger partial charge < -0.3 is 9.73 Å². The zero-order valence-corrected chi connectivity index (χ0v) is 23.1. The molecule has 2 aromatic heterocycles. The summed E-state index contributed by atoms with van der Waals surface area (Å²) in [5, 5.41) is 12.3. The highest BCUT2D eigenvalue weighted by Gasteiger charge is 2.23. The minimum atomic E-state index is -0.382. The molecule has 1 aliphatic heterocycles. The van der Waals surface area contributed by atoms with Gasteiger partial charge in [-0.2, -0.15) is 0 Å². The lowest BCUT2D eigenvalue weighted by Crippen LogP contribution is -2.44. The predicted molar refractivity (Wildman–Crippen MR) is 155 cm³/mol. The maximum atomic E-state index is 14.8. The smallest absolute Gasteiger partial charge is 0.273 e. The number of rotatable bonds is 9. The minimum absolute atomic E-state index is 0.0970. The van der Waals surface area contributed by atoms with Crippen molar-refractivity contribution in [3.8, 4) is 17.1 Å². The first-order chi connectivity index (χ1) is 20.1. The number of piperidine rings is 1. The van der Waals surface area contributed by atoms with E-state index in [0.717, 1.165) is 38.0 Å². The Morgan fingerprint density at radius 2 is 1.66 bits per heavy atom. The second-order valence-corrected chi connectivity index (χ2v) is 10.8. The standard InChI is InChI=1S/C31H29FN6O2S/c32-25-13-7-8-14-27(25)38-29(23-11-5-2-6-12-23)35-36-31(38)41-21-28-34-26(20-40-28)30(39)33-24-15-17-37(18-16-24)19-22-9-3-1-4-10-22/h1-14,20,24H,15-19,21H2,(H,33,39). The number of oxazole rings is 1. The second-order valence-electron chi connectivity index (χ2n) is 9.88. The number of thioether (sulfide) groups is 1. The Morgan fingerprint density at radius 1 is 0.951 bits per heavy atom. The number of nitrogens with zero attached hydrogens (tertiary/aromatic N) is 5. The van der Waals surface area contributed by atoms with Crippen LogP contribution in [0.3, 0.4) is 0 Å². The molecule has 0 aliphatic carbocycles. The Kier molecular flexibility index (Phi) is 8.20. The number of hydrogen-bond acceptors (Lipinski definition) is 7. The van der Waals surface area contributed by atoms with E-state index < -0.39 is 0 Å². The van der Waals surface area contributed by atoms with Crippen molar-refractivity contribution in [2.45, 2.75) is 36.3 Å². The number of carbonyl (C=O) groups is 1. The SMILES string of the molecule is O=C(NC1CCN(Cc2ccccc2)CC1)c1coc(CSc2nnc(-c3ccccc3)n2-c2ccccc2F)n1. The lowest BCUT2D eigenvalue weighted by Gasteiger charge is -2.32. The van der Waals surface area contributed by atoms with Gasteiger partial charge in [-0.25, -0.2) is 9.37 Å². The van der Waals surface area contributed by atoms with E-state index in [4.69, 9.17) is 4.42 Å². The van der Waals surface area contributed by atoms with Crippen molar-refractivity contribution in [1.82, 2.24) is 30.0 Å². The molecule has 10 heteroatoms. The van der Waals surface area contributed by atoms with E-state index in [1.54, 1.807) is 22.8 Å². The van der Waals surface area contributed by atoms with Crippen LogP contribution in [0.1, 0.15) is 34.8 Å². The van der Waals surface area contributed by atoms with Crippen molar-refractivity contribution in [3.63, 3.8) is 0 Å². The predicted octanol–water partition coefficient (Wildman–Crippen LogP) is 5.75. The molecule has 0 unspecified atom stereocenters. The molecule has 0 saturated carbocycles. The molecule has 1 fully saturated rings. The van der Waals surface area contributed by atoms with E-state index in [-0.39, 0.29) is 23.5 Å². The molecule has 1 saturated heterocycles. The number of nitrogens with one attached hydrogen (secondary N) is 1. The Balaban J connectivity index is 1.08. The van der Waals surface area contributed by atoms with Crippen LogP contribution in [0.15, 0.2) is 101 Å². The van der Waals surface area contributed by atoms with Crippen molar-refractivity contribution >= 4 is 17.7 Å². The van der Waals surface area contributed by atoms with E-state index in [2.05, 4.69) is 49.7 Å². The summed E-state index contributed by atoms with van der Waals surface area (Å²) in [6, 6.07) is 26.5. The van der Waals surface area contributed by atoms with Crippen molar-refractivity contribution in [1.29, 1.82) is 0 Å². The molecule has 8 nitrogen and oxygen atoms in total. The van der Waals surface area contributed by atoms with E-state index in [0.29, 0.717) is 28.3 Å². The summed E-state index contributed by atoms with van der Waals surface area (Å²) in [5.74, 6) is 0.578. The zero-order valence-electron chi connectivity index (χ0n) is 22.3. The van der Waals surface area contributed by atoms with Gasteiger partial charge in [-0.3, -0.25) is 14.3 Å². The van der Waals surface area contributed by atoms with Gasteiger partial charge >= 0.3 is 0 Å². The minimum Gasteiger partial charge on any atom is -0.447 e. The van der Waals surface area contributed by atoms with Gasteiger partial charge in [0.2, 0.25) is 5.89 Å². The van der Waals surface area contributed by atoms with Crippen molar-refractivity contribution < 1.29 is 13.6 Å². The number of para-hydroxylation sites is 1. The van der Waals surface area contributed by atoms with Gasteiger partial charge in [0.25, 0.3) is 5.91 Å². The molecule has 0 radical (unpaired) electrons. The Hall–Kier alpha value is -4.28. The van der Waals surface area contributed by atoms with Crippen LogP contribution in [0.2, 0.25) is 0 Å². The topological polar surface area (TPSA) is 89.1 Å². The van der Waals surface area contributed by atoms with Crippen LogP contribution in [-0.4, -0.2) is 49.7 Å². The fraction of sp³-hybridized carbons (Fsp3) is 0.226. The molecule has 5 aromatic rings. The second kappa shape index (κ2) is 12.5. The van der Waals surface area contributed by atoms with Crippen LogP contribution < -0.4 is 5.32 Å². The summed E-state index contributed by atoms with van der Waals surface area (Å²) in [6.45, 7) is 2.77. The van der Waals surface area contributed by atoms with Crippen LogP contribution in [0, 0.1) is 5.82 Å². The average molecular weight is 569 g/mol. The van der Waals surface area contributed by atoms with Crippen LogP contribution in [0.4, 0.5) is 4.39 Å². The first kappa shape index (κ1) is 26.9. The fourth-order valence-electron chi connectivity index (χ4n) is 4.93. The Bertz CT molecular complexity index is 1600. The molecule has 1 N–H and O–H groups in total. The van der Waals surface area contributed by atoms with E-state index >= 15 is 0 Å². The highest BCUT2D eigenvalue weighted by atomic mass is 32.2. The molecule has 0 bridgehead atoms. The van der Waals surface area contributed by atoms with Crippen molar-refractivity contribution in [2.75, 3.05) is 13.1 Å². The maximum Gasteiger partial charge on any atom is 0.273 e. The van der Waals surface area contributed by atoms with Crippen molar-refractivity contribution in [2.24, 2.45) is 0 Å². The van der Waals surface area contributed by atoms with E-state index in [1.807, 2.05) is 36.4 Å². The van der Waals surface area contributed by atoms with Gasteiger partial charge in [-0.05, 0) is 30.5 Å². The lowest BCUT2D eigenvalue weighted by molar-refractivity contribution is 0.0904. The van der Waals surface area contributed by atoms with Crippen LogP contribution in [-0.2, 0) is 12.3 Å². The summed E-state index contributed by atoms with van der Waals surface area (Å²) in [4.78, 5) is 19.7. The highest BCUT2D eigenvalue weighted by Crippen LogP contribution is 2.30. The first-order valence-corrected chi connectivity index (χ1v) is 14.5. The molecule has 208 valence electrons. The third-order valence-corrected chi connectivity index (χ3v) is 7.95. The summed E-state index contributed by atoms with van der Waals surface area (Å²) in [7, 11) is 0. The number of hydrogen-bond donors (Lipinski definition) is 1. The zero-order chi connectivity index (χ0) is 28.0. The van der Waals surface area contributed by atoms with Crippen LogP contribution >= 0.6 is 11.8 Å². The Labute approximate surface area is 241 Å². The van der Waals surface area contributed by atoms with Gasteiger partial charge in [-0.1, -0.05) is 84.6 Å². The van der Waals surface area contributed by atoms with Gasteiger partial charge in [0.1, 0.15) is 12.1 Å². The maximum absolute atomic E-state index is 14.8. The van der Waals surface area contributed by atoms with Gasteiger partial charge in [-0.15, -0.1) is 10.2 Å². The van der Waals surface area contributed by atoms with Gasteiger partial charge in [0.15, 0.2) is 16.7 Å². The van der Waals surface area contributed by atoms with E-state index in [9.17, 15) is 9.18 Å². The number of benzene rings is 3. The molecule has 3 heterocycles. The normalized spacial score (nSPS) is 14.3. The first-order valence-electron chi connectivity index (χ1n) is 13.5. The van der Waals surface area contributed by atoms with E-state index in [1.165, 1.54) is 29.7 Å². The molecule has 1 amide bonds. The Morgan fingerprint density at radius 3 is 2.41 bits per heavy atom. The van der Waals surface area contributed by atoms with Crippen molar-refractivity contribution in [3.05, 3.63) is 114 Å². The van der Waals surface area contributed by atoms with Crippen LogP contribution in [0.25, 0.3) is 17.1 Å². The molecule has 0 spiro atoms. The summed E-state index contributed by atoms with van der Waals surface area (Å²) >= 11 is 1.31. The highest BCUT2D eigenvalue weighted by molar-refractivity contribution is 7.98. The molecule has 41 heavy (non-hydrogen) atoms. The quantitative estimate of drug-likeness (QED) is 0.227. The molecular weight excluding hydrogens is 539 g/mol. The number of amides is 1. The monoisotopic (exact) mass is 568 g/mol. The summed E-state index contributed by atoms with van der Waals surface area (Å²) < 4.78 is 22.1. The summed E-state index contributed by atoms with van der Waals surface area (Å²) in [5.41, 5.74) is 2.71. The number of likely N-dealkylation sites (tertiary alicyclic amines) is 1. The number of carbonyl (C=O) groups excluding carboxylic acids is 1. The van der Waals surface area contributed by atoms with Gasteiger partial charge in [0, 0.05) is 31.2 Å². The molecule has 0 atom stereocenters. The fourth-order valence-corrected chi connectivity index (χ4v) is 5.73. The largest absolute Gasteiger partial charge is 0.447 e. The third-order valence-electron chi connectivity index (χ3n) is 7.04. The average Bonchev–Trinajstić information content (AvgIpc) is 3.66.